The average molecular weight is 278 g/mol. The highest BCUT2D eigenvalue weighted by Gasteiger charge is 2.47. The summed E-state index contributed by atoms with van der Waals surface area (Å²) >= 11 is 0. The topological polar surface area (TPSA) is 55.1 Å². The fourth-order valence-corrected chi connectivity index (χ4v) is 2.90. The van der Waals surface area contributed by atoms with Gasteiger partial charge in [-0.1, -0.05) is 30.3 Å². The summed E-state index contributed by atoms with van der Waals surface area (Å²) in [6.45, 7) is 0. The maximum atomic E-state index is 11.2. The highest BCUT2D eigenvalue weighted by atomic mass is 16.4. The lowest BCUT2D eigenvalue weighted by molar-refractivity contribution is -0.138. The van der Waals surface area contributed by atoms with Crippen molar-refractivity contribution < 1.29 is 9.90 Å². The Hall–Kier alpha value is -2.62. The molecule has 1 saturated carbocycles. The molecule has 2 aromatic carbocycles. The van der Waals surface area contributed by atoms with Crippen LogP contribution in [0.25, 0.3) is 16.7 Å². The molecule has 0 aliphatic heterocycles. The molecule has 3 aromatic rings. The molecule has 1 N–H and O–H groups in total. The van der Waals surface area contributed by atoms with Crippen LogP contribution in [0.1, 0.15) is 18.2 Å². The van der Waals surface area contributed by atoms with Gasteiger partial charge in [0.05, 0.1) is 17.0 Å². The molecule has 1 aromatic heterocycles. The Kier molecular flexibility index (Phi) is 2.57. The van der Waals surface area contributed by atoms with Crippen LogP contribution in [0, 0.1) is 5.92 Å². The second kappa shape index (κ2) is 4.45. The number of carboxylic acid groups (broad SMARTS) is 1. The predicted octanol–water partition coefficient (Wildman–Crippen LogP) is 3.21. The van der Waals surface area contributed by atoms with Gasteiger partial charge in [-0.05, 0) is 30.7 Å². The first-order valence-corrected chi connectivity index (χ1v) is 7.01. The number of aliphatic carboxylic acids is 1. The van der Waals surface area contributed by atoms with Gasteiger partial charge in [0.2, 0.25) is 0 Å². The highest BCUT2D eigenvalue weighted by Crippen LogP contribution is 2.48. The van der Waals surface area contributed by atoms with Gasteiger partial charge in [-0.15, -0.1) is 0 Å². The van der Waals surface area contributed by atoms with Crippen LogP contribution in [0.15, 0.2) is 54.6 Å². The second-order valence-corrected chi connectivity index (χ2v) is 5.42. The van der Waals surface area contributed by atoms with Gasteiger partial charge in [0, 0.05) is 11.6 Å². The molecule has 4 nitrogen and oxygen atoms in total. The Morgan fingerprint density at radius 3 is 2.52 bits per heavy atom. The summed E-state index contributed by atoms with van der Waals surface area (Å²) in [5, 5.41) is 9.18. The van der Waals surface area contributed by atoms with Crippen LogP contribution in [0.2, 0.25) is 0 Å². The summed E-state index contributed by atoms with van der Waals surface area (Å²) < 4.78 is 2.09. The third kappa shape index (κ3) is 1.91. The summed E-state index contributed by atoms with van der Waals surface area (Å²) in [4.78, 5) is 15.9. The number of carboxylic acids is 1. The van der Waals surface area contributed by atoms with E-state index in [0.29, 0.717) is 6.42 Å². The predicted molar refractivity (Wildman–Crippen MR) is 79.6 cm³/mol. The van der Waals surface area contributed by atoms with E-state index in [1.807, 2.05) is 54.6 Å². The van der Waals surface area contributed by atoms with Crippen molar-refractivity contribution >= 4 is 17.0 Å². The number of hydrogen-bond acceptors (Lipinski definition) is 2. The summed E-state index contributed by atoms with van der Waals surface area (Å²) in [6.07, 6.45) is 0.672. The Balaban J connectivity index is 1.92. The molecule has 1 fully saturated rings. The SMILES string of the molecule is O=C(O)C1CC1c1nc2ccccc2n1-c1ccccc1. The molecule has 1 heterocycles. The van der Waals surface area contributed by atoms with Crippen LogP contribution in [0.4, 0.5) is 0 Å². The molecule has 0 spiro atoms. The van der Waals surface area contributed by atoms with Gasteiger partial charge in [0.1, 0.15) is 5.82 Å². The van der Waals surface area contributed by atoms with Crippen LogP contribution in [-0.2, 0) is 4.79 Å². The van der Waals surface area contributed by atoms with Gasteiger partial charge in [-0.3, -0.25) is 9.36 Å². The number of nitrogens with zero attached hydrogens (tertiary/aromatic N) is 2. The molecular formula is C17H14N2O2. The van der Waals surface area contributed by atoms with Gasteiger partial charge in [-0.25, -0.2) is 4.98 Å². The van der Waals surface area contributed by atoms with E-state index in [4.69, 9.17) is 0 Å². The van der Waals surface area contributed by atoms with Crippen LogP contribution < -0.4 is 0 Å². The van der Waals surface area contributed by atoms with E-state index in [1.54, 1.807) is 0 Å². The van der Waals surface area contributed by atoms with Crippen molar-refractivity contribution in [3.63, 3.8) is 0 Å². The third-order valence-corrected chi connectivity index (χ3v) is 4.04. The zero-order chi connectivity index (χ0) is 14.4. The van der Waals surface area contributed by atoms with Gasteiger partial charge < -0.3 is 5.11 Å². The molecule has 1 aliphatic rings. The lowest BCUT2D eigenvalue weighted by atomic mass is 10.2. The van der Waals surface area contributed by atoms with Crippen molar-refractivity contribution in [1.82, 2.24) is 9.55 Å². The molecule has 0 bridgehead atoms. The Labute approximate surface area is 121 Å². The van der Waals surface area contributed by atoms with E-state index in [9.17, 15) is 9.90 Å². The molecule has 0 amide bonds. The maximum Gasteiger partial charge on any atom is 0.307 e. The first-order valence-electron chi connectivity index (χ1n) is 7.01. The number of hydrogen-bond donors (Lipinski definition) is 1. The molecule has 104 valence electrons. The number of carbonyl (C=O) groups is 1. The average Bonchev–Trinajstić information content (AvgIpc) is 3.22. The molecule has 4 heteroatoms. The van der Waals surface area contributed by atoms with Crippen molar-refractivity contribution in [2.24, 2.45) is 5.92 Å². The molecule has 1 aliphatic carbocycles. The maximum absolute atomic E-state index is 11.2. The largest absolute Gasteiger partial charge is 0.481 e. The minimum atomic E-state index is -0.730. The lowest BCUT2D eigenvalue weighted by Crippen LogP contribution is -2.04. The van der Waals surface area contributed by atoms with Gasteiger partial charge in [0.25, 0.3) is 0 Å². The van der Waals surface area contributed by atoms with Crippen molar-refractivity contribution in [2.75, 3.05) is 0 Å². The molecule has 2 unspecified atom stereocenters. The number of fused-ring (bicyclic) bond motifs is 1. The number of aromatic nitrogens is 2. The highest BCUT2D eigenvalue weighted by molar-refractivity contribution is 5.80. The van der Waals surface area contributed by atoms with Crippen molar-refractivity contribution in [2.45, 2.75) is 12.3 Å². The quantitative estimate of drug-likeness (QED) is 0.800. The Morgan fingerprint density at radius 2 is 1.81 bits per heavy atom. The first kappa shape index (κ1) is 12.1. The Morgan fingerprint density at radius 1 is 1.10 bits per heavy atom. The standard InChI is InChI=1S/C17H14N2O2/c20-17(21)13-10-12(13)16-18-14-8-4-5-9-15(14)19(16)11-6-2-1-3-7-11/h1-9,12-13H,10H2,(H,20,21). The Bertz CT molecular complexity index is 823. The first-order chi connectivity index (χ1) is 10.3. The van der Waals surface area contributed by atoms with Gasteiger partial charge >= 0.3 is 5.97 Å². The van der Waals surface area contributed by atoms with Crippen molar-refractivity contribution in [3.8, 4) is 5.69 Å². The molecule has 21 heavy (non-hydrogen) atoms. The molecule has 0 radical (unpaired) electrons. The molecule has 4 rings (SSSR count). The number of imidazole rings is 1. The number of para-hydroxylation sites is 3. The summed E-state index contributed by atoms with van der Waals surface area (Å²) in [5.74, 6) is -0.166. The zero-order valence-corrected chi connectivity index (χ0v) is 11.3. The zero-order valence-electron chi connectivity index (χ0n) is 11.3. The molecule has 2 atom stereocenters. The number of benzene rings is 2. The van der Waals surface area contributed by atoms with Crippen LogP contribution in [0.5, 0.6) is 0 Å². The van der Waals surface area contributed by atoms with Crippen molar-refractivity contribution in [3.05, 3.63) is 60.4 Å². The normalized spacial score (nSPS) is 20.6. The van der Waals surface area contributed by atoms with E-state index in [1.165, 1.54) is 0 Å². The summed E-state index contributed by atoms with van der Waals surface area (Å²) in [7, 11) is 0. The van der Waals surface area contributed by atoms with E-state index in [0.717, 1.165) is 22.5 Å². The monoisotopic (exact) mass is 278 g/mol. The summed E-state index contributed by atoms with van der Waals surface area (Å²) in [5.41, 5.74) is 2.96. The number of rotatable bonds is 3. The minimum absolute atomic E-state index is 0.00936. The third-order valence-electron chi connectivity index (χ3n) is 4.04. The second-order valence-electron chi connectivity index (χ2n) is 5.42. The smallest absolute Gasteiger partial charge is 0.307 e. The van der Waals surface area contributed by atoms with Gasteiger partial charge in [-0.2, -0.15) is 0 Å². The lowest BCUT2D eigenvalue weighted by Gasteiger charge is -2.08. The van der Waals surface area contributed by atoms with E-state index in [-0.39, 0.29) is 11.8 Å². The van der Waals surface area contributed by atoms with Crippen LogP contribution in [0.3, 0.4) is 0 Å². The van der Waals surface area contributed by atoms with E-state index >= 15 is 0 Å². The van der Waals surface area contributed by atoms with E-state index in [2.05, 4.69) is 9.55 Å². The fourth-order valence-electron chi connectivity index (χ4n) is 2.90. The van der Waals surface area contributed by atoms with Crippen molar-refractivity contribution in [1.29, 1.82) is 0 Å². The molecular weight excluding hydrogens is 264 g/mol. The molecule has 0 saturated heterocycles. The van der Waals surface area contributed by atoms with Crippen LogP contribution in [-0.4, -0.2) is 20.6 Å². The minimum Gasteiger partial charge on any atom is -0.481 e. The van der Waals surface area contributed by atoms with Crippen LogP contribution >= 0.6 is 0 Å². The summed E-state index contributed by atoms with van der Waals surface area (Å²) in [6, 6.07) is 17.9. The fraction of sp³-hybridized carbons (Fsp3) is 0.176. The van der Waals surface area contributed by atoms with E-state index < -0.39 is 5.97 Å². The van der Waals surface area contributed by atoms with Gasteiger partial charge in [0.15, 0.2) is 0 Å².